The van der Waals surface area contributed by atoms with E-state index in [1.807, 2.05) is 20.8 Å². The molecule has 0 aliphatic heterocycles. The Balaban J connectivity index is 2.07. The Morgan fingerprint density at radius 3 is 2.65 bits per heavy atom. The summed E-state index contributed by atoms with van der Waals surface area (Å²) in [5, 5.41) is 6.89. The number of nitrogens with one attached hydrogen (secondary N) is 1. The fraction of sp³-hybridized carbons (Fsp3) is 0.667. The maximum absolute atomic E-state index is 12.0. The van der Waals surface area contributed by atoms with Gasteiger partial charge in [0.1, 0.15) is 5.76 Å². The molecule has 0 bridgehead atoms. The molecule has 3 N–H and O–H groups in total. The molecule has 1 aliphatic carbocycles. The number of nitrogens with zero attached hydrogens (tertiary/aromatic N) is 1. The lowest BCUT2D eigenvalue weighted by atomic mass is 10.0. The number of rotatable bonds is 4. The van der Waals surface area contributed by atoms with E-state index in [1.54, 1.807) is 0 Å². The van der Waals surface area contributed by atoms with Gasteiger partial charge in [0.2, 0.25) is 5.91 Å². The van der Waals surface area contributed by atoms with Crippen LogP contribution in [0.25, 0.3) is 0 Å². The first-order valence-corrected chi connectivity index (χ1v) is 5.94. The first kappa shape index (κ1) is 12.1. The van der Waals surface area contributed by atoms with Crippen molar-refractivity contribution < 1.29 is 9.32 Å². The van der Waals surface area contributed by atoms with Crippen LogP contribution in [0.4, 0.5) is 0 Å². The molecule has 2 rings (SSSR count). The van der Waals surface area contributed by atoms with Crippen LogP contribution < -0.4 is 11.1 Å². The summed E-state index contributed by atoms with van der Waals surface area (Å²) in [6.07, 6.45) is 1.79. The predicted molar refractivity (Wildman–Crippen MR) is 63.3 cm³/mol. The number of aromatic nitrogens is 1. The second kappa shape index (κ2) is 4.14. The van der Waals surface area contributed by atoms with Crippen molar-refractivity contribution in [2.45, 2.75) is 39.7 Å². The molecule has 1 unspecified atom stereocenters. The van der Waals surface area contributed by atoms with E-state index in [9.17, 15) is 4.79 Å². The zero-order chi connectivity index (χ0) is 12.6. The average molecular weight is 237 g/mol. The summed E-state index contributed by atoms with van der Waals surface area (Å²) in [5.41, 5.74) is 7.11. The van der Waals surface area contributed by atoms with E-state index in [0.717, 1.165) is 29.9 Å². The fourth-order valence-electron chi connectivity index (χ4n) is 2.20. The van der Waals surface area contributed by atoms with Crippen LogP contribution in [-0.2, 0) is 4.79 Å². The normalized spacial score (nSPS) is 18.8. The molecule has 0 spiro atoms. The standard InChI is InChI=1S/C12H19N3O2/c1-7(10-8(2)15-17-9(10)3)14-11(16)12(6-13)4-5-12/h7H,4-6,13H2,1-3H3,(H,14,16). The van der Waals surface area contributed by atoms with E-state index >= 15 is 0 Å². The predicted octanol–water partition coefficient (Wildman–Crippen LogP) is 1.21. The second-order valence-electron chi connectivity index (χ2n) is 4.92. The number of hydrogen-bond acceptors (Lipinski definition) is 4. The molecule has 5 nitrogen and oxygen atoms in total. The third-order valence-electron chi connectivity index (χ3n) is 3.60. The highest BCUT2D eigenvalue weighted by atomic mass is 16.5. The number of amides is 1. The Labute approximate surface area is 101 Å². The maximum atomic E-state index is 12.0. The minimum Gasteiger partial charge on any atom is -0.361 e. The lowest BCUT2D eigenvalue weighted by Gasteiger charge is -2.18. The molecular weight excluding hydrogens is 218 g/mol. The third-order valence-corrected chi connectivity index (χ3v) is 3.60. The maximum Gasteiger partial charge on any atom is 0.227 e. The highest BCUT2D eigenvalue weighted by Crippen LogP contribution is 2.45. The van der Waals surface area contributed by atoms with E-state index in [2.05, 4.69) is 10.5 Å². The van der Waals surface area contributed by atoms with Crippen molar-refractivity contribution in [3.8, 4) is 0 Å². The van der Waals surface area contributed by atoms with Gasteiger partial charge >= 0.3 is 0 Å². The Bertz CT molecular complexity index is 415. The Morgan fingerprint density at radius 1 is 1.59 bits per heavy atom. The zero-order valence-corrected chi connectivity index (χ0v) is 10.5. The van der Waals surface area contributed by atoms with E-state index in [4.69, 9.17) is 10.3 Å². The summed E-state index contributed by atoms with van der Waals surface area (Å²) in [5.74, 6) is 0.806. The molecule has 1 amide bonds. The number of aryl methyl sites for hydroxylation is 2. The molecule has 1 aromatic heterocycles. The van der Waals surface area contributed by atoms with Gasteiger partial charge in [-0.25, -0.2) is 0 Å². The summed E-state index contributed by atoms with van der Waals surface area (Å²) in [6, 6.07) is -0.0854. The number of hydrogen-bond donors (Lipinski definition) is 2. The molecule has 5 heteroatoms. The second-order valence-corrected chi connectivity index (χ2v) is 4.92. The van der Waals surface area contributed by atoms with Crippen LogP contribution in [0.2, 0.25) is 0 Å². The summed E-state index contributed by atoms with van der Waals surface area (Å²) in [6.45, 7) is 6.10. The van der Waals surface area contributed by atoms with E-state index in [0.29, 0.717) is 6.54 Å². The van der Waals surface area contributed by atoms with Crippen LogP contribution >= 0.6 is 0 Å². The van der Waals surface area contributed by atoms with Crippen molar-refractivity contribution >= 4 is 5.91 Å². The van der Waals surface area contributed by atoms with Crippen molar-refractivity contribution in [3.05, 3.63) is 17.0 Å². The van der Waals surface area contributed by atoms with Crippen LogP contribution in [0.5, 0.6) is 0 Å². The topological polar surface area (TPSA) is 81.2 Å². The molecule has 1 aliphatic rings. The highest BCUT2D eigenvalue weighted by Gasteiger charge is 2.48. The van der Waals surface area contributed by atoms with Gasteiger partial charge in [-0.15, -0.1) is 0 Å². The first-order valence-electron chi connectivity index (χ1n) is 5.94. The SMILES string of the molecule is Cc1noc(C)c1C(C)NC(=O)C1(CN)CC1. The molecule has 94 valence electrons. The minimum absolute atomic E-state index is 0.0486. The molecule has 1 saturated carbocycles. The summed E-state index contributed by atoms with van der Waals surface area (Å²) < 4.78 is 5.10. The lowest BCUT2D eigenvalue weighted by molar-refractivity contribution is -0.126. The van der Waals surface area contributed by atoms with E-state index < -0.39 is 0 Å². The smallest absolute Gasteiger partial charge is 0.227 e. The van der Waals surface area contributed by atoms with Gasteiger partial charge in [-0.2, -0.15) is 0 Å². The van der Waals surface area contributed by atoms with Crippen molar-refractivity contribution in [1.29, 1.82) is 0 Å². The van der Waals surface area contributed by atoms with E-state index in [1.165, 1.54) is 0 Å². The van der Waals surface area contributed by atoms with Gasteiger partial charge < -0.3 is 15.6 Å². The Hall–Kier alpha value is -1.36. The zero-order valence-electron chi connectivity index (χ0n) is 10.5. The van der Waals surface area contributed by atoms with Gasteiger partial charge in [-0.05, 0) is 33.6 Å². The van der Waals surface area contributed by atoms with Gasteiger partial charge in [0.25, 0.3) is 0 Å². The van der Waals surface area contributed by atoms with Crippen molar-refractivity contribution in [3.63, 3.8) is 0 Å². The van der Waals surface area contributed by atoms with Crippen molar-refractivity contribution in [2.75, 3.05) is 6.54 Å². The summed E-state index contributed by atoms with van der Waals surface area (Å²) in [4.78, 5) is 12.0. The summed E-state index contributed by atoms with van der Waals surface area (Å²) >= 11 is 0. The number of carbonyl (C=O) groups excluding carboxylic acids is 1. The van der Waals surface area contributed by atoms with Gasteiger partial charge in [-0.3, -0.25) is 4.79 Å². The molecule has 1 fully saturated rings. The van der Waals surface area contributed by atoms with Gasteiger partial charge in [0, 0.05) is 12.1 Å². The Morgan fingerprint density at radius 2 is 2.24 bits per heavy atom. The van der Waals surface area contributed by atoms with Crippen LogP contribution in [0.1, 0.15) is 42.8 Å². The molecule has 17 heavy (non-hydrogen) atoms. The number of carbonyl (C=O) groups is 1. The molecule has 1 atom stereocenters. The summed E-state index contributed by atoms with van der Waals surface area (Å²) in [7, 11) is 0. The molecule has 0 radical (unpaired) electrons. The van der Waals surface area contributed by atoms with Crippen molar-refractivity contribution in [2.24, 2.45) is 11.1 Å². The Kier molecular flexibility index (Phi) is 2.95. The van der Waals surface area contributed by atoms with E-state index in [-0.39, 0.29) is 17.4 Å². The van der Waals surface area contributed by atoms with Crippen LogP contribution in [-0.4, -0.2) is 17.6 Å². The first-order chi connectivity index (χ1) is 8.00. The molecular formula is C12H19N3O2. The minimum atomic E-state index is -0.312. The lowest BCUT2D eigenvalue weighted by Crippen LogP contribution is -2.38. The van der Waals surface area contributed by atoms with Crippen molar-refractivity contribution in [1.82, 2.24) is 10.5 Å². The highest BCUT2D eigenvalue weighted by molar-refractivity contribution is 5.85. The third kappa shape index (κ3) is 2.07. The van der Waals surface area contributed by atoms with Crippen LogP contribution in [0, 0.1) is 19.3 Å². The molecule has 0 aromatic carbocycles. The van der Waals surface area contributed by atoms with Crippen LogP contribution in [0.15, 0.2) is 4.52 Å². The fourth-order valence-corrected chi connectivity index (χ4v) is 2.20. The van der Waals surface area contributed by atoms with Gasteiger partial charge in [0.05, 0.1) is 17.2 Å². The number of nitrogens with two attached hydrogens (primary N) is 1. The average Bonchev–Trinajstić information content (AvgIpc) is 3.01. The molecule has 1 heterocycles. The quantitative estimate of drug-likeness (QED) is 0.824. The molecule has 1 aromatic rings. The largest absolute Gasteiger partial charge is 0.361 e. The van der Waals surface area contributed by atoms with Gasteiger partial charge in [-0.1, -0.05) is 5.16 Å². The monoisotopic (exact) mass is 237 g/mol. The van der Waals surface area contributed by atoms with Gasteiger partial charge in [0.15, 0.2) is 0 Å². The van der Waals surface area contributed by atoms with Crippen LogP contribution in [0.3, 0.4) is 0 Å². The molecule has 0 saturated heterocycles.